The Bertz CT molecular complexity index is 375. The molecule has 0 aliphatic heterocycles. The third-order valence-electron chi connectivity index (χ3n) is 1.63. The summed E-state index contributed by atoms with van der Waals surface area (Å²) in [7, 11) is 0. The largest absolute Gasteiger partial charge is 0.269 e. The maximum absolute atomic E-state index is 10.0. The van der Waals surface area contributed by atoms with Crippen molar-refractivity contribution in [1.82, 2.24) is 0 Å². The lowest BCUT2D eigenvalue weighted by Gasteiger charge is -1.85. The van der Waals surface area contributed by atoms with Gasteiger partial charge in [-0.15, -0.1) is 0 Å². The van der Waals surface area contributed by atoms with Gasteiger partial charge in [-0.25, -0.2) is 0 Å². The fourth-order valence-corrected chi connectivity index (χ4v) is 0.935. The molecule has 0 N–H and O–H groups in total. The molecule has 0 aromatic heterocycles. The number of nitro benzene ring substituents is 1. The molecule has 0 radical (unpaired) electrons. The fraction of sp³-hybridized carbons (Fsp3) is 0.200. The van der Waals surface area contributed by atoms with Crippen LogP contribution in [0.5, 0.6) is 0 Å². The van der Waals surface area contributed by atoms with E-state index < -0.39 is 4.92 Å². The van der Waals surface area contributed by atoms with Crippen LogP contribution in [0.2, 0.25) is 0 Å². The van der Waals surface area contributed by atoms with E-state index in [2.05, 4.69) is 13.8 Å². The van der Waals surface area contributed by atoms with Gasteiger partial charge >= 0.3 is 0 Å². The molecule has 0 unspecified atom stereocenters. The Morgan fingerprint density at radius 1 is 0.833 bits per heavy atom. The third kappa shape index (κ3) is 9.09. The molecule has 0 bridgehead atoms. The van der Waals surface area contributed by atoms with Crippen LogP contribution in [0.3, 0.4) is 0 Å². The molecule has 18 heavy (non-hydrogen) atoms. The molecule has 0 amide bonds. The molecule has 2 aromatic rings. The first-order valence-corrected chi connectivity index (χ1v) is 5.91. The summed E-state index contributed by atoms with van der Waals surface area (Å²) < 4.78 is 0. The molecule has 0 aliphatic carbocycles. The van der Waals surface area contributed by atoms with Gasteiger partial charge in [0, 0.05) is 12.1 Å². The molecule has 2 rings (SSSR count). The third-order valence-corrected chi connectivity index (χ3v) is 1.63. The monoisotopic (exact) mass is 245 g/mol. The molecule has 2 aromatic carbocycles. The normalized spacial score (nSPS) is 8.11. The molecule has 0 atom stereocenters. The van der Waals surface area contributed by atoms with E-state index in [0.717, 1.165) is 0 Å². The first kappa shape index (κ1) is 15.8. The van der Waals surface area contributed by atoms with E-state index in [1.165, 1.54) is 18.6 Å². The highest BCUT2D eigenvalue weighted by atomic mass is 16.6. The Morgan fingerprint density at radius 2 is 1.11 bits per heavy atom. The van der Waals surface area contributed by atoms with E-state index in [-0.39, 0.29) is 5.69 Å². The van der Waals surface area contributed by atoms with Crippen LogP contribution in [0.1, 0.15) is 20.3 Å². The van der Waals surface area contributed by atoms with Crippen molar-refractivity contribution in [2.75, 3.05) is 0 Å². The Balaban J connectivity index is 0.000000278. The highest BCUT2D eigenvalue weighted by molar-refractivity contribution is 5.27. The summed E-state index contributed by atoms with van der Waals surface area (Å²) in [5.74, 6) is 0. The number of nitro groups is 1. The summed E-state index contributed by atoms with van der Waals surface area (Å²) in [5, 5.41) is 10.0. The molecular weight excluding hydrogens is 226 g/mol. The molecule has 0 fully saturated rings. The highest BCUT2D eigenvalue weighted by Crippen LogP contribution is 2.06. The van der Waals surface area contributed by atoms with Crippen LogP contribution in [-0.4, -0.2) is 4.92 Å². The van der Waals surface area contributed by atoms with Crippen LogP contribution in [-0.2, 0) is 0 Å². The Labute approximate surface area is 108 Å². The number of para-hydroxylation sites is 1. The molecular formula is C15H19NO2. The van der Waals surface area contributed by atoms with Gasteiger partial charge in [0.05, 0.1) is 4.92 Å². The topological polar surface area (TPSA) is 43.1 Å². The van der Waals surface area contributed by atoms with Crippen molar-refractivity contribution >= 4 is 5.69 Å². The minimum Gasteiger partial charge on any atom is -0.258 e. The molecule has 3 nitrogen and oxygen atoms in total. The van der Waals surface area contributed by atoms with Crippen molar-refractivity contribution in [2.45, 2.75) is 20.3 Å². The van der Waals surface area contributed by atoms with Gasteiger partial charge in [-0.3, -0.25) is 10.1 Å². The van der Waals surface area contributed by atoms with Crippen molar-refractivity contribution in [3.05, 3.63) is 76.8 Å². The number of non-ortho nitro benzene ring substituents is 1. The minimum absolute atomic E-state index is 0.137. The highest BCUT2D eigenvalue weighted by Gasteiger charge is 1.98. The van der Waals surface area contributed by atoms with E-state index in [1.807, 2.05) is 36.4 Å². The van der Waals surface area contributed by atoms with Crippen molar-refractivity contribution in [2.24, 2.45) is 0 Å². The van der Waals surface area contributed by atoms with E-state index in [9.17, 15) is 10.1 Å². The zero-order chi connectivity index (χ0) is 13.6. The van der Waals surface area contributed by atoms with Gasteiger partial charge in [0.1, 0.15) is 0 Å². The predicted octanol–water partition coefficient (Wildman–Crippen LogP) is 4.70. The van der Waals surface area contributed by atoms with Crippen LogP contribution < -0.4 is 0 Å². The quantitative estimate of drug-likeness (QED) is 0.540. The van der Waals surface area contributed by atoms with Gasteiger partial charge in [-0.05, 0) is 0 Å². The van der Waals surface area contributed by atoms with Gasteiger partial charge in [0.2, 0.25) is 0 Å². The zero-order valence-electron chi connectivity index (χ0n) is 10.8. The van der Waals surface area contributed by atoms with Crippen molar-refractivity contribution in [3.8, 4) is 0 Å². The first-order valence-electron chi connectivity index (χ1n) is 5.91. The summed E-state index contributed by atoms with van der Waals surface area (Å²) in [6.07, 6.45) is 1.25. The summed E-state index contributed by atoms with van der Waals surface area (Å²) in [5.41, 5.74) is 0.137. The van der Waals surface area contributed by atoms with Crippen LogP contribution in [0, 0.1) is 10.1 Å². The second kappa shape index (κ2) is 11.3. The van der Waals surface area contributed by atoms with E-state index >= 15 is 0 Å². The van der Waals surface area contributed by atoms with Gasteiger partial charge in [-0.1, -0.05) is 74.9 Å². The fourth-order valence-electron chi connectivity index (χ4n) is 0.935. The van der Waals surface area contributed by atoms with Crippen LogP contribution in [0.4, 0.5) is 5.69 Å². The smallest absolute Gasteiger partial charge is 0.258 e. The number of rotatable bonds is 1. The van der Waals surface area contributed by atoms with E-state index in [4.69, 9.17) is 0 Å². The zero-order valence-corrected chi connectivity index (χ0v) is 10.8. The summed E-state index contributed by atoms with van der Waals surface area (Å²) in [6, 6.07) is 19.9. The lowest BCUT2D eigenvalue weighted by Crippen LogP contribution is -1.84. The second-order valence-corrected chi connectivity index (χ2v) is 3.45. The average Bonchev–Trinajstić information content (AvgIpc) is 2.43. The minimum atomic E-state index is -0.417. The molecule has 0 spiro atoms. The lowest BCUT2D eigenvalue weighted by atomic mass is 10.3. The Hall–Kier alpha value is -2.16. The summed E-state index contributed by atoms with van der Waals surface area (Å²) >= 11 is 0. The van der Waals surface area contributed by atoms with E-state index in [0.29, 0.717) is 0 Å². The molecule has 3 heteroatoms. The second-order valence-electron chi connectivity index (χ2n) is 3.45. The van der Waals surface area contributed by atoms with Gasteiger partial charge in [0.25, 0.3) is 5.69 Å². The predicted molar refractivity (Wildman–Crippen MR) is 75.5 cm³/mol. The molecule has 0 heterocycles. The van der Waals surface area contributed by atoms with Crippen molar-refractivity contribution in [3.63, 3.8) is 0 Å². The number of hydrogen-bond acceptors (Lipinski definition) is 2. The SMILES string of the molecule is CCC.O=[N+]([O-])c1ccccc1.c1ccccc1. The summed E-state index contributed by atoms with van der Waals surface area (Å²) in [4.78, 5) is 9.59. The number of benzene rings is 2. The molecule has 0 saturated heterocycles. The van der Waals surface area contributed by atoms with Gasteiger partial charge in [0.15, 0.2) is 0 Å². The number of nitrogens with zero attached hydrogens (tertiary/aromatic N) is 1. The van der Waals surface area contributed by atoms with Crippen molar-refractivity contribution in [1.29, 1.82) is 0 Å². The Morgan fingerprint density at radius 3 is 1.33 bits per heavy atom. The molecule has 0 aliphatic rings. The van der Waals surface area contributed by atoms with Crippen LogP contribution in [0.25, 0.3) is 0 Å². The van der Waals surface area contributed by atoms with Crippen LogP contribution >= 0.6 is 0 Å². The average molecular weight is 245 g/mol. The molecule has 0 saturated carbocycles. The van der Waals surface area contributed by atoms with Crippen molar-refractivity contribution < 1.29 is 4.92 Å². The number of hydrogen-bond donors (Lipinski definition) is 0. The maximum atomic E-state index is 10.0. The maximum Gasteiger partial charge on any atom is 0.269 e. The lowest BCUT2D eigenvalue weighted by molar-refractivity contribution is -0.384. The van der Waals surface area contributed by atoms with Gasteiger partial charge in [-0.2, -0.15) is 0 Å². The summed E-state index contributed by atoms with van der Waals surface area (Å²) in [6.45, 7) is 4.25. The van der Waals surface area contributed by atoms with E-state index in [1.54, 1.807) is 18.2 Å². The first-order chi connectivity index (χ1) is 8.72. The Kier molecular flexibility index (Phi) is 9.97. The molecule has 96 valence electrons. The van der Waals surface area contributed by atoms with Gasteiger partial charge < -0.3 is 0 Å². The van der Waals surface area contributed by atoms with Crippen LogP contribution in [0.15, 0.2) is 66.7 Å². The standard InChI is InChI=1S/C6H5NO2.C6H6.C3H8/c8-7(9)6-4-2-1-3-5-6;1-2-4-6-5-3-1;1-3-2/h1-5H;1-6H;3H2,1-2H3.